The number of halogens is 2. The molecule has 1 amide bonds. The quantitative estimate of drug-likeness (QED) is 0.789. The summed E-state index contributed by atoms with van der Waals surface area (Å²) in [4.78, 5) is 13.8. The molecule has 0 saturated carbocycles. The summed E-state index contributed by atoms with van der Waals surface area (Å²) >= 11 is 8.13. The summed E-state index contributed by atoms with van der Waals surface area (Å²) in [6.45, 7) is 1.38. The van der Waals surface area contributed by atoms with Gasteiger partial charge in [0.25, 0.3) is 5.91 Å². The molecule has 0 radical (unpaired) electrons. The van der Waals surface area contributed by atoms with E-state index >= 15 is 0 Å². The van der Waals surface area contributed by atoms with Crippen molar-refractivity contribution in [3.8, 4) is 0 Å². The fourth-order valence-corrected chi connectivity index (χ4v) is 2.30. The molecule has 1 aliphatic rings. The van der Waals surface area contributed by atoms with Crippen LogP contribution in [-0.2, 0) is 0 Å². The SMILES string of the molecule is N[C@@H]1CCN(C(=O)c2ccc(I)c(Cl)c2)C1. The van der Waals surface area contributed by atoms with Gasteiger partial charge in [-0.1, -0.05) is 11.6 Å². The first kappa shape index (κ1) is 12.1. The number of amides is 1. The number of rotatable bonds is 1. The highest BCUT2D eigenvalue weighted by Crippen LogP contribution is 2.21. The molecule has 3 nitrogen and oxygen atoms in total. The van der Waals surface area contributed by atoms with Crippen molar-refractivity contribution in [1.29, 1.82) is 0 Å². The molecule has 5 heteroatoms. The van der Waals surface area contributed by atoms with Crippen LogP contribution in [0, 0.1) is 3.57 Å². The van der Waals surface area contributed by atoms with Gasteiger partial charge in [-0.2, -0.15) is 0 Å². The predicted octanol–water partition coefficient (Wildman–Crippen LogP) is 2.12. The zero-order chi connectivity index (χ0) is 11.7. The van der Waals surface area contributed by atoms with Crippen LogP contribution in [0.25, 0.3) is 0 Å². The van der Waals surface area contributed by atoms with Crippen LogP contribution in [0.3, 0.4) is 0 Å². The Morgan fingerprint density at radius 2 is 2.31 bits per heavy atom. The molecule has 0 aromatic heterocycles. The third-order valence-electron chi connectivity index (χ3n) is 2.68. The normalized spacial score (nSPS) is 20.2. The second-order valence-electron chi connectivity index (χ2n) is 3.93. The average Bonchev–Trinajstić information content (AvgIpc) is 2.68. The zero-order valence-corrected chi connectivity index (χ0v) is 11.5. The molecule has 16 heavy (non-hydrogen) atoms. The Hall–Kier alpha value is -0.330. The molecule has 1 saturated heterocycles. The highest BCUT2D eigenvalue weighted by atomic mass is 127. The molecular formula is C11H12ClIN2O. The van der Waals surface area contributed by atoms with Gasteiger partial charge in [-0.25, -0.2) is 0 Å². The summed E-state index contributed by atoms with van der Waals surface area (Å²) in [5.74, 6) is 0.0197. The van der Waals surface area contributed by atoms with Gasteiger partial charge in [-0.15, -0.1) is 0 Å². The molecule has 0 aliphatic carbocycles. The number of likely N-dealkylation sites (tertiary alicyclic amines) is 1. The van der Waals surface area contributed by atoms with Gasteiger partial charge in [0.1, 0.15) is 0 Å². The van der Waals surface area contributed by atoms with Gasteiger partial charge in [0, 0.05) is 28.3 Å². The summed E-state index contributed by atoms with van der Waals surface area (Å²) in [6, 6.07) is 5.49. The minimum atomic E-state index is 0.0197. The zero-order valence-electron chi connectivity index (χ0n) is 8.62. The summed E-state index contributed by atoms with van der Waals surface area (Å²) in [7, 11) is 0. The smallest absolute Gasteiger partial charge is 0.253 e. The number of nitrogens with zero attached hydrogens (tertiary/aromatic N) is 1. The van der Waals surface area contributed by atoms with Gasteiger partial charge in [0.15, 0.2) is 0 Å². The third-order valence-corrected chi connectivity index (χ3v) is 4.25. The van der Waals surface area contributed by atoms with E-state index in [1.54, 1.807) is 17.0 Å². The largest absolute Gasteiger partial charge is 0.337 e. The maximum Gasteiger partial charge on any atom is 0.253 e. The lowest BCUT2D eigenvalue weighted by Gasteiger charge is -2.15. The van der Waals surface area contributed by atoms with Crippen LogP contribution >= 0.6 is 34.2 Å². The average molecular weight is 351 g/mol. The fourth-order valence-electron chi connectivity index (χ4n) is 1.78. The Balaban J connectivity index is 2.18. The van der Waals surface area contributed by atoms with Gasteiger partial charge < -0.3 is 10.6 Å². The molecule has 0 bridgehead atoms. The number of hydrogen-bond donors (Lipinski definition) is 1. The summed E-state index contributed by atoms with van der Waals surface area (Å²) in [6.07, 6.45) is 0.879. The Morgan fingerprint density at radius 1 is 1.56 bits per heavy atom. The molecule has 1 atom stereocenters. The van der Waals surface area contributed by atoms with Crippen LogP contribution < -0.4 is 5.73 Å². The van der Waals surface area contributed by atoms with Gasteiger partial charge in [-0.3, -0.25) is 4.79 Å². The van der Waals surface area contributed by atoms with Gasteiger partial charge in [-0.05, 0) is 47.2 Å². The molecule has 1 heterocycles. The minimum Gasteiger partial charge on any atom is -0.337 e. The first-order valence-electron chi connectivity index (χ1n) is 5.08. The second kappa shape index (κ2) is 4.89. The van der Waals surface area contributed by atoms with Crippen LogP contribution in [0.15, 0.2) is 18.2 Å². The summed E-state index contributed by atoms with van der Waals surface area (Å²) in [5, 5.41) is 0.620. The van der Waals surface area contributed by atoms with Crippen LogP contribution in [0.1, 0.15) is 16.8 Å². The van der Waals surface area contributed by atoms with E-state index in [2.05, 4.69) is 22.6 Å². The molecule has 1 aliphatic heterocycles. The molecule has 0 unspecified atom stereocenters. The van der Waals surface area contributed by atoms with Crippen molar-refractivity contribution in [2.45, 2.75) is 12.5 Å². The topological polar surface area (TPSA) is 46.3 Å². The van der Waals surface area contributed by atoms with E-state index in [1.807, 2.05) is 6.07 Å². The maximum absolute atomic E-state index is 12.1. The van der Waals surface area contributed by atoms with Crippen molar-refractivity contribution in [1.82, 2.24) is 4.90 Å². The van der Waals surface area contributed by atoms with Crippen molar-refractivity contribution < 1.29 is 4.79 Å². The summed E-state index contributed by atoms with van der Waals surface area (Å²) in [5.41, 5.74) is 6.41. The number of carbonyl (C=O) groups is 1. The first-order valence-corrected chi connectivity index (χ1v) is 6.53. The van der Waals surface area contributed by atoms with E-state index in [-0.39, 0.29) is 11.9 Å². The highest BCUT2D eigenvalue weighted by Gasteiger charge is 2.24. The lowest BCUT2D eigenvalue weighted by Crippen LogP contribution is -2.31. The maximum atomic E-state index is 12.1. The van der Waals surface area contributed by atoms with Crippen molar-refractivity contribution in [3.63, 3.8) is 0 Å². The van der Waals surface area contributed by atoms with E-state index in [4.69, 9.17) is 17.3 Å². The van der Waals surface area contributed by atoms with Crippen LogP contribution in [0.5, 0.6) is 0 Å². The van der Waals surface area contributed by atoms with Crippen molar-refractivity contribution >= 4 is 40.1 Å². The molecular weight excluding hydrogens is 338 g/mol. The molecule has 2 rings (SSSR count). The number of benzene rings is 1. The van der Waals surface area contributed by atoms with Crippen LogP contribution in [0.4, 0.5) is 0 Å². The van der Waals surface area contributed by atoms with E-state index in [1.165, 1.54) is 0 Å². The predicted molar refractivity (Wildman–Crippen MR) is 72.7 cm³/mol. The lowest BCUT2D eigenvalue weighted by atomic mass is 10.2. The standard InChI is InChI=1S/C11H12ClIN2O/c12-9-5-7(1-2-10(9)13)11(16)15-4-3-8(14)6-15/h1-2,5,8H,3-4,6,14H2/t8-/m1/s1. The summed E-state index contributed by atoms with van der Waals surface area (Å²) < 4.78 is 0.953. The molecule has 1 aromatic carbocycles. The first-order chi connectivity index (χ1) is 7.58. The van der Waals surface area contributed by atoms with E-state index in [9.17, 15) is 4.79 Å². The van der Waals surface area contributed by atoms with Gasteiger partial charge in [0.2, 0.25) is 0 Å². The van der Waals surface area contributed by atoms with Crippen molar-refractivity contribution in [3.05, 3.63) is 32.4 Å². The Kier molecular flexibility index (Phi) is 3.71. The monoisotopic (exact) mass is 350 g/mol. The molecule has 1 fully saturated rings. The molecule has 0 spiro atoms. The van der Waals surface area contributed by atoms with E-state index < -0.39 is 0 Å². The van der Waals surface area contributed by atoms with E-state index in [0.717, 1.165) is 16.5 Å². The number of hydrogen-bond acceptors (Lipinski definition) is 2. The van der Waals surface area contributed by atoms with Crippen molar-refractivity contribution in [2.24, 2.45) is 5.73 Å². The fraction of sp³-hybridized carbons (Fsp3) is 0.364. The van der Waals surface area contributed by atoms with Crippen LogP contribution in [0.2, 0.25) is 5.02 Å². The van der Waals surface area contributed by atoms with Gasteiger partial charge in [0.05, 0.1) is 5.02 Å². The third kappa shape index (κ3) is 2.49. The lowest BCUT2D eigenvalue weighted by molar-refractivity contribution is 0.0791. The molecule has 2 N–H and O–H groups in total. The van der Waals surface area contributed by atoms with Crippen molar-refractivity contribution in [2.75, 3.05) is 13.1 Å². The molecule has 1 aromatic rings. The highest BCUT2D eigenvalue weighted by molar-refractivity contribution is 14.1. The minimum absolute atomic E-state index is 0.0197. The number of carbonyl (C=O) groups excluding carboxylic acids is 1. The van der Waals surface area contributed by atoms with Crippen LogP contribution in [-0.4, -0.2) is 29.9 Å². The van der Waals surface area contributed by atoms with E-state index in [0.29, 0.717) is 17.1 Å². The number of nitrogens with two attached hydrogens (primary N) is 1. The second-order valence-corrected chi connectivity index (χ2v) is 5.50. The van der Waals surface area contributed by atoms with Gasteiger partial charge >= 0.3 is 0 Å². The Labute approximate surface area is 113 Å². The Bertz CT molecular complexity index is 424. The molecule has 86 valence electrons. The Morgan fingerprint density at radius 3 is 2.88 bits per heavy atom.